The second-order valence-corrected chi connectivity index (χ2v) is 6.55. The lowest BCUT2D eigenvalue weighted by Gasteiger charge is -2.26. The molecule has 1 rings (SSSR count). The molecule has 1 aromatic carbocycles. The molecule has 0 aliphatic rings. The molecule has 1 atom stereocenters. The van der Waals surface area contributed by atoms with Crippen LogP contribution in [0.3, 0.4) is 0 Å². The summed E-state index contributed by atoms with van der Waals surface area (Å²) in [5, 5.41) is 13.2. The number of rotatable bonds is 6. The molecule has 0 aromatic heterocycles. The van der Waals surface area contributed by atoms with Gasteiger partial charge in [0, 0.05) is 18.0 Å². The van der Waals surface area contributed by atoms with Crippen LogP contribution in [0.25, 0.3) is 0 Å². The molecule has 19 heavy (non-hydrogen) atoms. The van der Waals surface area contributed by atoms with Crippen molar-refractivity contribution in [2.45, 2.75) is 38.3 Å². The Morgan fingerprint density at radius 2 is 2.05 bits per heavy atom. The van der Waals surface area contributed by atoms with Crippen LogP contribution in [-0.2, 0) is 6.54 Å². The number of hydrogen-bond donors (Lipinski definition) is 2. The predicted octanol–water partition coefficient (Wildman–Crippen LogP) is 2.91. The summed E-state index contributed by atoms with van der Waals surface area (Å²) < 4.78 is 5.36. The van der Waals surface area contributed by atoms with Crippen LogP contribution in [0.15, 0.2) is 23.1 Å². The Morgan fingerprint density at radius 1 is 1.37 bits per heavy atom. The molecular formula is C15H25NO2S. The lowest BCUT2D eigenvalue weighted by molar-refractivity contribution is 0.0627. The second-order valence-electron chi connectivity index (χ2n) is 5.70. The van der Waals surface area contributed by atoms with Crippen molar-refractivity contribution in [1.29, 1.82) is 0 Å². The van der Waals surface area contributed by atoms with Gasteiger partial charge in [-0.3, -0.25) is 0 Å². The van der Waals surface area contributed by atoms with Gasteiger partial charge >= 0.3 is 0 Å². The van der Waals surface area contributed by atoms with Gasteiger partial charge in [0.25, 0.3) is 0 Å². The molecule has 108 valence electrons. The molecule has 0 spiro atoms. The molecule has 4 heteroatoms. The standard InChI is InChI=1S/C15H25NO2S/c1-15(2,3)14(17)10-16-9-11-6-7-13(19-5)12(8-11)18-4/h6-8,14,16-17H,9-10H2,1-5H3. The zero-order valence-electron chi connectivity index (χ0n) is 12.5. The van der Waals surface area contributed by atoms with Crippen LogP contribution >= 0.6 is 11.8 Å². The summed E-state index contributed by atoms with van der Waals surface area (Å²) in [7, 11) is 1.69. The topological polar surface area (TPSA) is 41.5 Å². The summed E-state index contributed by atoms with van der Waals surface area (Å²) in [6.07, 6.45) is 1.69. The largest absolute Gasteiger partial charge is 0.496 e. The smallest absolute Gasteiger partial charge is 0.132 e. The molecule has 0 saturated heterocycles. The van der Waals surface area contributed by atoms with Gasteiger partial charge in [0.2, 0.25) is 0 Å². The quantitative estimate of drug-likeness (QED) is 0.788. The van der Waals surface area contributed by atoms with E-state index in [0.29, 0.717) is 6.54 Å². The van der Waals surface area contributed by atoms with Crippen molar-refractivity contribution in [3.8, 4) is 5.75 Å². The van der Waals surface area contributed by atoms with E-state index in [2.05, 4.69) is 17.4 Å². The maximum absolute atomic E-state index is 9.96. The van der Waals surface area contributed by atoms with Crippen molar-refractivity contribution in [2.75, 3.05) is 19.9 Å². The summed E-state index contributed by atoms with van der Waals surface area (Å²) in [4.78, 5) is 1.14. The number of hydrogen-bond acceptors (Lipinski definition) is 4. The Morgan fingerprint density at radius 3 is 2.58 bits per heavy atom. The number of ether oxygens (including phenoxy) is 1. The normalized spacial score (nSPS) is 13.4. The Hall–Kier alpha value is -0.710. The molecule has 0 heterocycles. The fourth-order valence-corrected chi connectivity index (χ4v) is 2.20. The molecule has 0 bridgehead atoms. The van der Waals surface area contributed by atoms with Crippen LogP contribution in [0.4, 0.5) is 0 Å². The van der Waals surface area contributed by atoms with Crippen LogP contribution < -0.4 is 10.1 Å². The fourth-order valence-electron chi connectivity index (χ4n) is 1.65. The monoisotopic (exact) mass is 283 g/mol. The zero-order valence-corrected chi connectivity index (χ0v) is 13.3. The summed E-state index contributed by atoms with van der Waals surface area (Å²) >= 11 is 1.68. The van der Waals surface area contributed by atoms with Crippen molar-refractivity contribution >= 4 is 11.8 Å². The Balaban J connectivity index is 2.54. The number of aliphatic hydroxyl groups is 1. The first-order valence-electron chi connectivity index (χ1n) is 6.48. The van der Waals surface area contributed by atoms with E-state index < -0.39 is 0 Å². The highest BCUT2D eigenvalue weighted by Gasteiger charge is 2.21. The van der Waals surface area contributed by atoms with Crippen LogP contribution in [0, 0.1) is 5.41 Å². The molecular weight excluding hydrogens is 258 g/mol. The van der Waals surface area contributed by atoms with Crippen LogP contribution in [0.5, 0.6) is 5.75 Å². The van der Waals surface area contributed by atoms with Crippen molar-refractivity contribution in [3.63, 3.8) is 0 Å². The van der Waals surface area contributed by atoms with E-state index in [1.165, 1.54) is 0 Å². The minimum absolute atomic E-state index is 0.0899. The number of nitrogens with one attached hydrogen (secondary N) is 1. The first-order chi connectivity index (χ1) is 8.88. The van der Waals surface area contributed by atoms with Gasteiger partial charge in [0.1, 0.15) is 5.75 Å². The summed E-state index contributed by atoms with van der Waals surface area (Å²) in [5.41, 5.74) is 1.07. The summed E-state index contributed by atoms with van der Waals surface area (Å²) in [6.45, 7) is 7.44. The van der Waals surface area contributed by atoms with Crippen molar-refractivity contribution < 1.29 is 9.84 Å². The molecule has 0 saturated carbocycles. The minimum Gasteiger partial charge on any atom is -0.496 e. The molecule has 3 nitrogen and oxygen atoms in total. The van der Waals surface area contributed by atoms with Gasteiger partial charge in [-0.2, -0.15) is 0 Å². The molecule has 1 unspecified atom stereocenters. The van der Waals surface area contributed by atoms with Crippen molar-refractivity contribution in [1.82, 2.24) is 5.32 Å². The minimum atomic E-state index is -0.347. The number of thioether (sulfide) groups is 1. The van der Waals surface area contributed by atoms with E-state index in [1.807, 2.05) is 33.1 Å². The number of benzene rings is 1. The molecule has 1 aromatic rings. The Bertz CT molecular complexity index is 402. The first-order valence-corrected chi connectivity index (χ1v) is 7.70. The highest BCUT2D eigenvalue weighted by molar-refractivity contribution is 7.98. The Kier molecular flexibility index (Phi) is 6.17. The van der Waals surface area contributed by atoms with Gasteiger partial charge in [-0.1, -0.05) is 26.8 Å². The number of methoxy groups -OCH3 is 1. The molecule has 0 aliphatic heterocycles. The molecule has 2 N–H and O–H groups in total. The number of aliphatic hydroxyl groups excluding tert-OH is 1. The lowest BCUT2D eigenvalue weighted by Crippen LogP contribution is -2.36. The van der Waals surface area contributed by atoms with Gasteiger partial charge in [0.05, 0.1) is 13.2 Å². The molecule has 0 amide bonds. The van der Waals surface area contributed by atoms with Gasteiger partial charge in [0.15, 0.2) is 0 Å². The first kappa shape index (κ1) is 16.3. The SMILES string of the molecule is COc1cc(CNCC(O)C(C)(C)C)ccc1SC. The fraction of sp³-hybridized carbons (Fsp3) is 0.600. The van der Waals surface area contributed by atoms with Crippen molar-refractivity contribution in [2.24, 2.45) is 5.41 Å². The van der Waals surface area contributed by atoms with E-state index in [-0.39, 0.29) is 11.5 Å². The van der Waals surface area contributed by atoms with E-state index in [4.69, 9.17) is 4.74 Å². The van der Waals surface area contributed by atoms with E-state index >= 15 is 0 Å². The zero-order chi connectivity index (χ0) is 14.5. The molecule has 0 aliphatic carbocycles. The third kappa shape index (κ3) is 5.05. The summed E-state index contributed by atoms with van der Waals surface area (Å²) in [5.74, 6) is 0.906. The molecule has 0 radical (unpaired) electrons. The predicted molar refractivity (Wildman–Crippen MR) is 81.9 cm³/mol. The average molecular weight is 283 g/mol. The van der Waals surface area contributed by atoms with Crippen LogP contribution in [0.2, 0.25) is 0 Å². The maximum atomic E-state index is 9.96. The van der Waals surface area contributed by atoms with E-state index in [0.717, 1.165) is 22.8 Å². The highest BCUT2D eigenvalue weighted by atomic mass is 32.2. The third-order valence-corrected chi connectivity index (χ3v) is 3.89. The van der Waals surface area contributed by atoms with Gasteiger partial charge in [-0.25, -0.2) is 0 Å². The highest BCUT2D eigenvalue weighted by Crippen LogP contribution is 2.28. The van der Waals surface area contributed by atoms with Gasteiger partial charge < -0.3 is 15.2 Å². The van der Waals surface area contributed by atoms with Crippen LogP contribution in [-0.4, -0.2) is 31.1 Å². The van der Waals surface area contributed by atoms with E-state index in [9.17, 15) is 5.11 Å². The van der Waals surface area contributed by atoms with E-state index in [1.54, 1.807) is 18.9 Å². The maximum Gasteiger partial charge on any atom is 0.132 e. The average Bonchev–Trinajstić information content (AvgIpc) is 2.37. The third-order valence-electron chi connectivity index (χ3n) is 3.11. The lowest BCUT2D eigenvalue weighted by atomic mass is 9.89. The Labute approximate surface area is 120 Å². The summed E-state index contributed by atoms with van der Waals surface area (Å²) in [6, 6.07) is 6.20. The van der Waals surface area contributed by atoms with Gasteiger partial charge in [-0.15, -0.1) is 11.8 Å². The van der Waals surface area contributed by atoms with Crippen molar-refractivity contribution in [3.05, 3.63) is 23.8 Å². The van der Waals surface area contributed by atoms with Gasteiger partial charge in [-0.05, 0) is 29.4 Å². The van der Waals surface area contributed by atoms with Crippen LogP contribution in [0.1, 0.15) is 26.3 Å². The molecule has 0 fully saturated rings. The second kappa shape index (κ2) is 7.17.